The Labute approximate surface area is 102 Å². The Kier molecular flexibility index (Phi) is 8.35. The van der Waals surface area contributed by atoms with Gasteiger partial charge in [0.05, 0.1) is 0 Å². The molecule has 100 valence electrons. The van der Waals surface area contributed by atoms with Crippen molar-refractivity contribution in [2.24, 2.45) is 0 Å². The monoisotopic (exact) mass is 246 g/mol. The van der Waals surface area contributed by atoms with Crippen molar-refractivity contribution in [1.82, 2.24) is 10.6 Å². The van der Waals surface area contributed by atoms with E-state index in [1.165, 1.54) is 7.11 Å². The number of nitrogens with one attached hydrogen (secondary N) is 2. The number of carbonyl (C=O) groups is 2. The summed E-state index contributed by atoms with van der Waals surface area (Å²) in [4.78, 5) is 22.3. The molecule has 0 aliphatic heterocycles. The van der Waals surface area contributed by atoms with Gasteiger partial charge in [-0.3, -0.25) is 4.79 Å². The van der Waals surface area contributed by atoms with E-state index in [2.05, 4.69) is 10.6 Å². The maximum Gasteiger partial charge on any atom is 0.326 e. The molecule has 0 rings (SSSR count). The number of carboxylic acid groups (broad SMARTS) is 1. The first kappa shape index (κ1) is 15.9. The number of hydrogen-bond acceptors (Lipinski definition) is 4. The average Bonchev–Trinajstić information content (AvgIpc) is 2.23. The molecule has 6 heteroatoms. The Hall–Kier alpha value is -1.14. The lowest BCUT2D eigenvalue weighted by Crippen LogP contribution is -2.42. The number of ether oxygens (including phenoxy) is 1. The molecule has 6 nitrogen and oxygen atoms in total. The second-order valence-corrected chi connectivity index (χ2v) is 4.10. The molecule has 0 radical (unpaired) electrons. The zero-order chi connectivity index (χ0) is 13.3. The van der Waals surface area contributed by atoms with Gasteiger partial charge in [-0.15, -0.1) is 0 Å². The molecule has 3 N–H and O–H groups in total. The van der Waals surface area contributed by atoms with Crippen molar-refractivity contribution in [3.63, 3.8) is 0 Å². The molecule has 0 saturated heterocycles. The van der Waals surface area contributed by atoms with E-state index >= 15 is 0 Å². The summed E-state index contributed by atoms with van der Waals surface area (Å²) in [5.41, 5.74) is 0. The minimum absolute atomic E-state index is 0.262. The highest BCUT2D eigenvalue weighted by atomic mass is 16.5. The van der Waals surface area contributed by atoms with Gasteiger partial charge in [0, 0.05) is 39.1 Å². The molecular formula is C11H22N2O4. The molecule has 0 saturated carbocycles. The summed E-state index contributed by atoms with van der Waals surface area (Å²) in [6, 6.07) is -0.562. The van der Waals surface area contributed by atoms with Gasteiger partial charge in [0.1, 0.15) is 6.04 Å². The van der Waals surface area contributed by atoms with E-state index in [0.29, 0.717) is 19.2 Å². The maximum absolute atomic E-state index is 11.4. The van der Waals surface area contributed by atoms with Gasteiger partial charge in [0.25, 0.3) is 0 Å². The minimum atomic E-state index is -1.03. The standard InChI is InChI=1S/C11H22N2O4/c1-8(2)12-6-4-10(14)13-9(11(15)16)5-7-17-3/h8-9,12H,4-7H2,1-3H3,(H,13,14)(H,15,16). The third-order valence-electron chi connectivity index (χ3n) is 2.15. The Morgan fingerprint density at radius 2 is 2.00 bits per heavy atom. The molecule has 0 aromatic heterocycles. The Morgan fingerprint density at radius 3 is 2.47 bits per heavy atom. The summed E-state index contributed by atoms with van der Waals surface area (Å²) in [5, 5.41) is 14.4. The second kappa shape index (κ2) is 8.95. The first-order valence-electron chi connectivity index (χ1n) is 5.71. The highest BCUT2D eigenvalue weighted by molar-refractivity contribution is 5.83. The Balaban J connectivity index is 3.91. The van der Waals surface area contributed by atoms with Gasteiger partial charge in [-0.1, -0.05) is 13.8 Å². The molecule has 0 spiro atoms. The van der Waals surface area contributed by atoms with Crippen LogP contribution >= 0.6 is 0 Å². The van der Waals surface area contributed by atoms with Crippen LogP contribution in [0, 0.1) is 0 Å². The van der Waals surface area contributed by atoms with Crippen LogP contribution in [0.15, 0.2) is 0 Å². The average molecular weight is 246 g/mol. The Morgan fingerprint density at radius 1 is 1.35 bits per heavy atom. The quantitative estimate of drug-likeness (QED) is 0.532. The molecule has 17 heavy (non-hydrogen) atoms. The first-order chi connectivity index (χ1) is 7.97. The molecule has 1 amide bonds. The number of methoxy groups -OCH3 is 1. The summed E-state index contributed by atoms with van der Waals surface area (Å²) in [6.07, 6.45) is 0.546. The molecule has 0 fully saturated rings. The van der Waals surface area contributed by atoms with Crippen LogP contribution in [0.1, 0.15) is 26.7 Å². The fourth-order valence-electron chi connectivity index (χ4n) is 1.23. The van der Waals surface area contributed by atoms with Crippen LogP contribution in [0.3, 0.4) is 0 Å². The number of amides is 1. The van der Waals surface area contributed by atoms with Gasteiger partial charge in [0.2, 0.25) is 5.91 Å². The van der Waals surface area contributed by atoms with Gasteiger partial charge in [-0.2, -0.15) is 0 Å². The van der Waals surface area contributed by atoms with Crippen molar-refractivity contribution in [2.45, 2.75) is 38.8 Å². The molecule has 0 aliphatic rings. The van der Waals surface area contributed by atoms with Gasteiger partial charge in [-0.05, 0) is 0 Å². The molecule has 1 unspecified atom stereocenters. The molecule has 1 atom stereocenters. The maximum atomic E-state index is 11.4. The summed E-state index contributed by atoms with van der Waals surface area (Å²) < 4.78 is 4.79. The van der Waals surface area contributed by atoms with Crippen molar-refractivity contribution in [1.29, 1.82) is 0 Å². The van der Waals surface area contributed by atoms with Crippen LogP contribution in [-0.2, 0) is 14.3 Å². The summed E-state index contributed by atoms with van der Waals surface area (Å²) >= 11 is 0. The lowest BCUT2D eigenvalue weighted by atomic mass is 10.2. The van der Waals surface area contributed by atoms with Crippen molar-refractivity contribution in [3.05, 3.63) is 0 Å². The number of hydrogen-bond donors (Lipinski definition) is 3. The van der Waals surface area contributed by atoms with Crippen molar-refractivity contribution < 1.29 is 19.4 Å². The van der Waals surface area contributed by atoms with E-state index < -0.39 is 12.0 Å². The topological polar surface area (TPSA) is 87.7 Å². The van der Waals surface area contributed by atoms with E-state index in [9.17, 15) is 9.59 Å². The summed E-state index contributed by atoms with van der Waals surface area (Å²) in [5.74, 6) is -1.30. The number of carbonyl (C=O) groups excluding carboxylic acids is 1. The highest BCUT2D eigenvalue weighted by Gasteiger charge is 2.18. The van der Waals surface area contributed by atoms with Gasteiger partial charge in [0.15, 0.2) is 0 Å². The molecular weight excluding hydrogens is 224 g/mol. The van der Waals surface area contributed by atoms with Crippen molar-refractivity contribution in [2.75, 3.05) is 20.3 Å². The van der Waals surface area contributed by atoms with Crippen molar-refractivity contribution >= 4 is 11.9 Å². The van der Waals surface area contributed by atoms with Crippen LogP contribution in [0.4, 0.5) is 0 Å². The van der Waals surface area contributed by atoms with Crippen LogP contribution in [0.25, 0.3) is 0 Å². The third kappa shape index (κ3) is 8.65. The zero-order valence-corrected chi connectivity index (χ0v) is 10.7. The van der Waals surface area contributed by atoms with Crippen molar-refractivity contribution in [3.8, 4) is 0 Å². The smallest absolute Gasteiger partial charge is 0.326 e. The predicted molar refractivity (Wildman–Crippen MR) is 63.8 cm³/mol. The molecule has 0 aromatic rings. The predicted octanol–water partition coefficient (Wildman–Crippen LogP) is -0.0196. The van der Waals surface area contributed by atoms with Crippen LogP contribution in [-0.4, -0.2) is 49.3 Å². The number of aliphatic carboxylic acids is 1. The fourth-order valence-corrected chi connectivity index (χ4v) is 1.23. The zero-order valence-electron chi connectivity index (χ0n) is 10.7. The van der Waals surface area contributed by atoms with Gasteiger partial charge in [-0.25, -0.2) is 4.79 Å². The molecule has 0 bridgehead atoms. The third-order valence-corrected chi connectivity index (χ3v) is 2.15. The normalized spacial score (nSPS) is 12.5. The van der Waals surface area contributed by atoms with E-state index in [1.54, 1.807) is 0 Å². The molecule has 0 heterocycles. The first-order valence-corrected chi connectivity index (χ1v) is 5.71. The van der Waals surface area contributed by atoms with Gasteiger partial charge < -0.3 is 20.5 Å². The van der Waals surface area contributed by atoms with E-state index in [1.807, 2.05) is 13.8 Å². The summed E-state index contributed by atoms with van der Waals surface area (Å²) in [6.45, 7) is 4.81. The van der Waals surface area contributed by atoms with E-state index in [0.717, 1.165) is 0 Å². The largest absolute Gasteiger partial charge is 0.480 e. The highest BCUT2D eigenvalue weighted by Crippen LogP contribution is 1.94. The number of carboxylic acids is 1. The van der Waals surface area contributed by atoms with E-state index in [4.69, 9.17) is 9.84 Å². The van der Waals surface area contributed by atoms with Crippen LogP contribution < -0.4 is 10.6 Å². The minimum Gasteiger partial charge on any atom is -0.480 e. The lowest BCUT2D eigenvalue weighted by Gasteiger charge is -2.14. The number of rotatable bonds is 9. The second-order valence-electron chi connectivity index (χ2n) is 4.10. The fraction of sp³-hybridized carbons (Fsp3) is 0.818. The van der Waals surface area contributed by atoms with Crippen LogP contribution in [0.5, 0.6) is 0 Å². The van der Waals surface area contributed by atoms with Crippen LogP contribution in [0.2, 0.25) is 0 Å². The van der Waals surface area contributed by atoms with Gasteiger partial charge >= 0.3 is 5.97 Å². The molecule has 0 aliphatic carbocycles. The lowest BCUT2D eigenvalue weighted by molar-refractivity contribution is -0.142. The molecule has 0 aromatic carbocycles. The van der Waals surface area contributed by atoms with E-state index in [-0.39, 0.29) is 18.7 Å². The summed E-state index contributed by atoms with van der Waals surface area (Å²) in [7, 11) is 1.49. The SMILES string of the molecule is COCCC(NC(=O)CCNC(C)C)C(=O)O. The Bertz CT molecular complexity index is 244.